The Labute approximate surface area is 101 Å². The lowest BCUT2D eigenvalue weighted by Gasteiger charge is -2.13. The quantitative estimate of drug-likeness (QED) is 0.828. The van der Waals surface area contributed by atoms with Gasteiger partial charge in [0.1, 0.15) is 5.82 Å². The fraction of sp³-hybridized carbons (Fsp3) is 0.462. The summed E-state index contributed by atoms with van der Waals surface area (Å²) in [5.41, 5.74) is 6.34. The monoisotopic (exact) mass is 238 g/mol. The highest BCUT2D eigenvalue weighted by Gasteiger charge is 2.15. The summed E-state index contributed by atoms with van der Waals surface area (Å²) in [6.07, 6.45) is 1.51. The van der Waals surface area contributed by atoms with Crippen molar-refractivity contribution < 1.29 is 9.18 Å². The van der Waals surface area contributed by atoms with E-state index in [-0.39, 0.29) is 24.1 Å². The third-order valence-electron chi connectivity index (χ3n) is 2.88. The first-order chi connectivity index (χ1) is 8.12. The summed E-state index contributed by atoms with van der Waals surface area (Å²) in [5.74, 6) is -0.634. The minimum atomic E-state index is -0.438. The van der Waals surface area contributed by atoms with Gasteiger partial charge in [-0.25, -0.2) is 4.39 Å². The lowest BCUT2D eigenvalue weighted by Crippen LogP contribution is -2.22. The van der Waals surface area contributed by atoms with E-state index in [1.165, 1.54) is 6.07 Å². The molecule has 4 heteroatoms. The molecular formula is C13H19FN2O. The maximum absolute atomic E-state index is 13.6. The highest BCUT2D eigenvalue weighted by Crippen LogP contribution is 2.18. The van der Waals surface area contributed by atoms with Gasteiger partial charge in [-0.3, -0.25) is 4.79 Å². The Hall–Kier alpha value is -1.42. The number of hydrogen-bond donors (Lipinski definition) is 2. The molecule has 1 aromatic carbocycles. The highest BCUT2D eigenvalue weighted by atomic mass is 19.1. The first-order valence-electron chi connectivity index (χ1n) is 5.91. The van der Waals surface area contributed by atoms with Crippen LogP contribution in [0, 0.1) is 11.7 Å². The zero-order valence-electron chi connectivity index (χ0n) is 10.3. The molecule has 0 unspecified atom stereocenters. The van der Waals surface area contributed by atoms with Crippen LogP contribution in [0.15, 0.2) is 18.2 Å². The molecule has 0 atom stereocenters. The van der Waals surface area contributed by atoms with E-state index >= 15 is 0 Å². The van der Waals surface area contributed by atoms with Crippen LogP contribution in [0.4, 0.5) is 10.1 Å². The smallest absolute Gasteiger partial charge is 0.227 e. The summed E-state index contributed by atoms with van der Waals surface area (Å²) in [4.78, 5) is 11.8. The van der Waals surface area contributed by atoms with Crippen molar-refractivity contribution in [2.45, 2.75) is 33.2 Å². The number of amides is 1. The van der Waals surface area contributed by atoms with Crippen LogP contribution in [0.2, 0.25) is 0 Å². The van der Waals surface area contributed by atoms with Gasteiger partial charge in [0.25, 0.3) is 0 Å². The van der Waals surface area contributed by atoms with Gasteiger partial charge in [0.15, 0.2) is 0 Å². The van der Waals surface area contributed by atoms with Crippen molar-refractivity contribution in [1.29, 1.82) is 0 Å². The highest BCUT2D eigenvalue weighted by molar-refractivity contribution is 5.92. The summed E-state index contributed by atoms with van der Waals surface area (Å²) in [7, 11) is 0. The molecule has 0 bridgehead atoms. The Kier molecular flexibility index (Phi) is 5.10. The summed E-state index contributed by atoms with van der Waals surface area (Å²) in [6.45, 7) is 4.18. The molecule has 94 valence electrons. The first kappa shape index (κ1) is 13.6. The molecule has 17 heavy (non-hydrogen) atoms. The van der Waals surface area contributed by atoms with E-state index < -0.39 is 5.82 Å². The van der Waals surface area contributed by atoms with Crippen LogP contribution in [-0.2, 0) is 11.3 Å². The molecule has 0 saturated heterocycles. The second kappa shape index (κ2) is 6.35. The van der Waals surface area contributed by atoms with Crippen LogP contribution in [0.1, 0.15) is 32.3 Å². The van der Waals surface area contributed by atoms with Crippen LogP contribution in [0.3, 0.4) is 0 Å². The molecule has 1 amide bonds. The van der Waals surface area contributed by atoms with Gasteiger partial charge < -0.3 is 11.1 Å². The van der Waals surface area contributed by atoms with Crippen molar-refractivity contribution >= 4 is 11.6 Å². The van der Waals surface area contributed by atoms with Crippen molar-refractivity contribution in [1.82, 2.24) is 0 Å². The average Bonchev–Trinajstić information content (AvgIpc) is 2.33. The molecule has 0 saturated carbocycles. The van der Waals surface area contributed by atoms with Crippen LogP contribution >= 0.6 is 0 Å². The molecule has 0 aromatic heterocycles. The number of benzene rings is 1. The van der Waals surface area contributed by atoms with Gasteiger partial charge in [-0.2, -0.15) is 0 Å². The number of anilines is 1. The van der Waals surface area contributed by atoms with Crippen LogP contribution in [0.5, 0.6) is 0 Å². The predicted octanol–water partition coefficient (Wildman–Crippen LogP) is 2.66. The van der Waals surface area contributed by atoms with E-state index in [1.54, 1.807) is 12.1 Å². The van der Waals surface area contributed by atoms with Crippen molar-refractivity contribution in [2.24, 2.45) is 11.7 Å². The van der Waals surface area contributed by atoms with Crippen molar-refractivity contribution in [2.75, 3.05) is 5.32 Å². The zero-order chi connectivity index (χ0) is 12.8. The molecule has 0 aliphatic rings. The summed E-state index contributed by atoms with van der Waals surface area (Å²) in [5, 5.41) is 2.61. The molecule has 0 radical (unpaired) electrons. The second-order valence-corrected chi connectivity index (χ2v) is 4.02. The summed E-state index contributed by atoms with van der Waals surface area (Å²) < 4.78 is 13.6. The maximum Gasteiger partial charge on any atom is 0.227 e. The molecule has 0 spiro atoms. The molecule has 0 heterocycles. The third kappa shape index (κ3) is 3.53. The van der Waals surface area contributed by atoms with E-state index in [4.69, 9.17) is 5.73 Å². The van der Waals surface area contributed by atoms with Gasteiger partial charge in [-0.1, -0.05) is 19.9 Å². The minimum absolute atomic E-state index is 0.0661. The lowest BCUT2D eigenvalue weighted by molar-refractivity contribution is -0.120. The van der Waals surface area contributed by atoms with Gasteiger partial charge in [0.2, 0.25) is 5.91 Å². The van der Waals surface area contributed by atoms with Crippen molar-refractivity contribution in [3.8, 4) is 0 Å². The molecule has 3 N–H and O–H groups in total. The number of halogens is 1. The van der Waals surface area contributed by atoms with E-state index in [1.807, 2.05) is 13.8 Å². The largest absolute Gasteiger partial charge is 0.326 e. The molecule has 3 nitrogen and oxygen atoms in total. The summed E-state index contributed by atoms with van der Waals surface area (Å²) >= 11 is 0. The fourth-order valence-corrected chi connectivity index (χ4v) is 1.68. The molecule has 0 fully saturated rings. The Bertz CT molecular complexity index is 389. The van der Waals surface area contributed by atoms with E-state index in [9.17, 15) is 9.18 Å². The topological polar surface area (TPSA) is 55.1 Å². The van der Waals surface area contributed by atoms with Crippen LogP contribution in [-0.4, -0.2) is 5.91 Å². The van der Waals surface area contributed by atoms with E-state index in [0.29, 0.717) is 5.56 Å². The van der Waals surface area contributed by atoms with E-state index in [0.717, 1.165) is 12.8 Å². The number of nitrogens with two attached hydrogens (primary N) is 1. The van der Waals surface area contributed by atoms with Gasteiger partial charge in [-0.15, -0.1) is 0 Å². The Morgan fingerprint density at radius 2 is 2.06 bits per heavy atom. The first-order valence-corrected chi connectivity index (χ1v) is 5.91. The standard InChI is InChI=1S/C13H19FN2O/c1-3-10(4-2)13(17)16-12-6-5-9(8-15)7-11(12)14/h5-7,10H,3-4,8,15H2,1-2H3,(H,16,17). The Morgan fingerprint density at radius 3 is 2.53 bits per heavy atom. The van der Waals surface area contributed by atoms with Gasteiger partial charge in [-0.05, 0) is 30.5 Å². The average molecular weight is 238 g/mol. The van der Waals surface area contributed by atoms with Crippen LogP contribution < -0.4 is 11.1 Å². The van der Waals surface area contributed by atoms with Crippen molar-refractivity contribution in [3.63, 3.8) is 0 Å². The molecule has 1 rings (SSSR count). The minimum Gasteiger partial charge on any atom is -0.326 e. The molecule has 0 aliphatic carbocycles. The number of carbonyl (C=O) groups is 1. The van der Waals surface area contributed by atoms with Gasteiger partial charge in [0, 0.05) is 12.5 Å². The molecule has 1 aromatic rings. The number of hydrogen-bond acceptors (Lipinski definition) is 2. The number of carbonyl (C=O) groups excluding carboxylic acids is 1. The lowest BCUT2D eigenvalue weighted by atomic mass is 10.0. The number of nitrogens with one attached hydrogen (secondary N) is 1. The fourth-order valence-electron chi connectivity index (χ4n) is 1.68. The number of rotatable bonds is 5. The molecular weight excluding hydrogens is 219 g/mol. The van der Waals surface area contributed by atoms with Gasteiger partial charge >= 0.3 is 0 Å². The summed E-state index contributed by atoms with van der Waals surface area (Å²) in [6, 6.07) is 4.62. The van der Waals surface area contributed by atoms with Gasteiger partial charge in [0.05, 0.1) is 5.69 Å². The van der Waals surface area contributed by atoms with E-state index in [2.05, 4.69) is 5.32 Å². The Morgan fingerprint density at radius 1 is 1.41 bits per heavy atom. The SMILES string of the molecule is CCC(CC)C(=O)Nc1ccc(CN)cc1F. The third-order valence-corrected chi connectivity index (χ3v) is 2.88. The second-order valence-electron chi connectivity index (χ2n) is 4.02. The maximum atomic E-state index is 13.6. The van der Waals surface area contributed by atoms with Crippen molar-refractivity contribution in [3.05, 3.63) is 29.6 Å². The van der Waals surface area contributed by atoms with Crippen LogP contribution in [0.25, 0.3) is 0 Å². The molecule has 0 aliphatic heterocycles. The predicted molar refractivity (Wildman–Crippen MR) is 67.0 cm³/mol. The Balaban J connectivity index is 2.78. The zero-order valence-corrected chi connectivity index (χ0v) is 10.3. The normalized spacial score (nSPS) is 10.6.